The number of carbonyl (C=O) groups is 2. The molecule has 5 nitrogen and oxygen atoms in total. The number of rotatable bonds is 11. The molecule has 0 aliphatic rings. The molecule has 112 valence electrons. The zero-order valence-corrected chi connectivity index (χ0v) is 12.8. The molecule has 0 fully saturated rings. The van der Waals surface area contributed by atoms with E-state index in [9.17, 15) is 9.59 Å². The van der Waals surface area contributed by atoms with Crippen molar-refractivity contribution in [3.05, 3.63) is 0 Å². The Hall–Kier alpha value is -0.750. The number of hydrogen-bond donors (Lipinski definition) is 2. The molecule has 0 aromatic carbocycles. The quantitative estimate of drug-likeness (QED) is 0.567. The van der Waals surface area contributed by atoms with Gasteiger partial charge in [0.25, 0.3) is 0 Å². The number of ether oxygens (including phenoxy) is 1. The highest BCUT2D eigenvalue weighted by atomic mass is 32.2. The predicted molar refractivity (Wildman–Crippen MR) is 77.5 cm³/mol. The summed E-state index contributed by atoms with van der Waals surface area (Å²) in [6.45, 7) is 5.29. The van der Waals surface area contributed by atoms with Gasteiger partial charge in [-0.1, -0.05) is 13.8 Å². The van der Waals surface area contributed by atoms with Gasteiger partial charge in [-0.2, -0.15) is 0 Å². The summed E-state index contributed by atoms with van der Waals surface area (Å²) >= 11 is 1.54. The van der Waals surface area contributed by atoms with Crippen molar-refractivity contribution in [1.29, 1.82) is 0 Å². The van der Waals surface area contributed by atoms with Gasteiger partial charge in [0.2, 0.25) is 5.91 Å². The number of aliphatic carboxylic acids is 1. The first-order chi connectivity index (χ1) is 8.87. The monoisotopic (exact) mass is 291 g/mol. The molecule has 0 unspecified atom stereocenters. The van der Waals surface area contributed by atoms with Crippen molar-refractivity contribution in [2.45, 2.75) is 33.1 Å². The lowest BCUT2D eigenvalue weighted by molar-refractivity contribution is -0.137. The molecule has 0 saturated carbocycles. The van der Waals surface area contributed by atoms with Crippen LogP contribution in [0.5, 0.6) is 0 Å². The number of carboxylic acid groups (broad SMARTS) is 1. The molecular weight excluding hydrogens is 266 g/mol. The molecule has 0 saturated heterocycles. The second-order valence-electron chi connectivity index (χ2n) is 5.20. The molecule has 1 amide bonds. The van der Waals surface area contributed by atoms with Crippen LogP contribution in [0.1, 0.15) is 33.1 Å². The average Bonchev–Trinajstić information content (AvgIpc) is 2.32. The smallest absolute Gasteiger partial charge is 0.303 e. The van der Waals surface area contributed by atoms with Crippen LogP contribution in [0.25, 0.3) is 0 Å². The van der Waals surface area contributed by atoms with Gasteiger partial charge in [0.1, 0.15) is 0 Å². The Morgan fingerprint density at radius 3 is 2.58 bits per heavy atom. The summed E-state index contributed by atoms with van der Waals surface area (Å²) in [6, 6.07) is 0. The molecule has 0 spiro atoms. The van der Waals surface area contributed by atoms with Crippen molar-refractivity contribution < 1.29 is 19.4 Å². The summed E-state index contributed by atoms with van der Waals surface area (Å²) in [5, 5.41) is 11.5. The lowest BCUT2D eigenvalue weighted by atomic mass is 9.84. The number of methoxy groups -OCH3 is 1. The third-order valence-electron chi connectivity index (χ3n) is 2.80. The van der Waals surface area contributed by atoms with Gasteiger partial charge in [0, 0.05) is 25.8 Å². The van der Waals surface area contributed by atoms with E-state index < -0.39 is 5.97 Å². The number of thioether (sulfide) groups is 1. The first-order valence-electron chi connectivity index (χ1n) is 6.42. The second kappa shape index (κ2) is 10.1. The van der Waals surface area contributed by atoms with Crippen molar-refractivity contribution in [2.75, 3.05) is 31.8 Å². The number of nitrogens with one attached hydrogen (secondary N) is 1. The maximum Gasteiger partial charge on any atom is 0.303 e. The van der Waals surface area contributed by atoms with E-state index >= 15 is 0 Å². The van der Waals surface area contributed by atoms with Gasteiger partial charge in [-0.3, -0.25) is 9.59 Å². The second-order valence-corrected chi connectivity index (χ2v) is 6.31. The Labute approximate surface area is 119 Å². The normalized spacial score (nSPS) is 11.3. The lowest BCUT2D eigenvalue weighted by Gasteiger charge is -2.23. The molecular formula is C13H25NO4S. The van der Waals surface area contributed by atoms with Crippen LogP contribution in [0.3, 0.4) is 0 Å². The van der Waals surface area contributed by atoms with Crippen LogP contribution in [0.2, 0.25) is 0 Å². The lowest BCUT2D eigenvalue weighted by Crippen LogP contribution is -2.29. The van der Waals surface area contributed by atoms with Crippen LogP contribution in [-0.4, -0.2) is 48.8 Å². The average molecular weight is 291 g/mol. The predicted octanol–water partition coefficient (Wildman–Crippen LogP) is 1.76. The van der Waals surface area contributed by atoms with E-state index in [4.69, 9.17) is 9.84 Å². The first-order valence-corrected chi connectivity index (χ1v) is 7.58. The summed E-state index contributed by atoms with van der Waals surface area (Å²) < 4.78 is 4.90. The molecule has 0 aliphatic heterocycles. The highest BCUT2D eigenvalue weighted by Crippen LogP contribution is 2.25. The van der Waals surface area contributed by atoms with Crippen LogP contribution >= 0.6 is 11.8 Å². The third kappa shape index (κ3) is 12.0. The molecule has 0 aliphatic carbocycles. The summed E-state index contributed by atoms with van der Waals surface area (Å²) in [6.07, 6.45) is 1.59. The van der Waals surface area contributed by atoms with Crippen molar-refractivity contribution in [3.63, 3.8) is 0 Å². The van der Waals surface area contributed by atoms with E-state index in [2.05, 4.69) is 5.32 Å². The largest absolute Gasteiger partial charge is 0.481 e. The van der Waals surface area contributed by atoms with Crippen LogP contribution in [0.4, 0.5) is 0 Å². The van der Waals surface area contributed by atoms with E-state index in [1.165, 1.54) is 0 Å². The minimum absolute atomic E-state index is 0.0233. The summed E-state index contributed by atoms with van der Waals surface area (Å²) in [7, 11) is 1.64. The number of hydrogen-bond acceptors (Lipinski definition) is 4. The molecule has 0 aromatic rings. The highest BCUT2D eigenvalue weighted by molar-refractivity contribution is 7.99. The number of carboxylic acids is 1. The molecule has 0 atom stereocenters. The van der Waals surface area contributed by atoms with Crippen molar-refractivity contribution in [3.8, 4) is 0 Å². The minimum Gasteiger partial charge on any atom is -0.481 e. The SMILES string of the molecule is COCCSCC(=O)NCCC(C)(C)CCC(=O)O. The Balaban J connectivity index is 3.64. The van der Waals surface area contributed by atoms with E-state index in [-0.39, 0.29) is 17.7 Å². The van der Waals surface area contributed by atoms with Gasteiger partial charge in [-0.05, 0) is 18.3 Å². The topological polar surface area (TPSA) is 75.6 Å². The van der Waals surface area contributed by atoms with E-state index in [1.807, 2.05) is 13.8 Å². The number of amides is 1. The Kier molecular flexibility index (Phi) is 9.69. The van der Waals surface area contributed by atoms with Gasteiger partial charge in [-0.25, -0.2) is 0 Å². The van der Waals surface area contributed by atoms with Crippen LogP contribution in [0, 0.1) is 5.41 Å². The van der Waals surface area contributed by atoms with Crippen LogP contribution in [-0.2, 0) is 14.3 Å². The Morgan fingerprint density at radius 1 is 1.32 bits per heavy atom. The molecule has 0 bridgehead atoms. The Morgan fingerprint density at radius 2 is 2.00 bits per heavy atom. The summed E-state index contributed by atoms with van der Waals surface area (Å²) in [5.74, 6) is 0.509. The maximum absolute atomic E-state index is 11.5. The fourth-order valence-corrected chi connectivity index (χ4v) is 2.19. The standard InChI is InChI=1S/C13H25NO4S/c1-13(2,5-4-12(16)17)6-7-14-11(15)10-19-9-8-18-3/h4-10H2,1-3H3,(H,14,15)(H,16,17). The Bertz CT molecular complexity index is 282. The number of carbonyl (C=O) groups excluding carboxylic acids is 1. The first kappa shape index (κ1) is 18.2. The molecule has 2 N–H and O–H groups in total. The molecule has 19 heavy (non-hydrogen) atoms. The van der Waals surface area contributed by atoms with E-state index in [1.54, 1.807) is 18.9 Å². The zero-order valence-electron chi connectivity index (χ0n) is 12.0. The van der Waals surface area contributed by atoms with Gasteiger partial charge in [0.05, 0.1) is 12.4 Å². The van der Waals surface area contributed by atoms with Crippen molar-refractivity contribution >= 4 is 23.6 Å². The highest BCUT2D eigenvalue weighted by Gasteiger charge is 2.19. The maximum atomic E-state index is 11.5. The molecule has 0 heterocycles. The fourth-order valence-electron chi connectivity index (χ4n) is 1.47. The van der Waals surface area contributed by atoms with Gasteiger partial charge in [0.15, 0.2) is 0 Å². The van der Waals surface area contributed by atoms with Gasteiger partial charge < -0.3 is 15.2 Å². The summed E-state index contributed by atoms with van der Waals surface area (Å²) in [4.78, 5) is 22.0. The molecule has 0 aromatic heterocycles. The zero-order chi connectivity index (χ0) is 14.7. The van der Waals surface area contributed by atoms with Crippen LogP contribution < -0.4 is 5.32 Å². The van der Waals surface area contributed by atoms with Gasteiger partial charge in [-0.15, -0.1) is 11.8 Å². The van der Waals surface area contributed by atoms with Crippen molar-refractivity contribution in [1.82, 2.24) is 5.32 Å². The molecule has 0 rings (SSSR count). The summed E-state index contributed by atoms with van der Waals surface area (Å²) in [5.41, 5.74) is -0.0607. The van der Waals surface area contributed by atoms with E-state index in [0.717, 1.165) is 12.2 Å². The molecule has 6 heteroatoms. The minimum atomic E-state index is -0.772. The fraction of sp³-hybridized carbons (Fsp3) is 0.846. The van der Waals surface area contributed by atoms with Crippen LogP contribution in [0.15, 0.2) is 0 Å². The van der Waals surface area contributed by atoms with Gasteiger partial charge >= 0.3 is 5.97 Å². The van der Waals surface area contributed by atoms with Crippen molar-refractivity contribution in [2.24, 2.45) is 5.41 Å². The molecule has 0 radical (unpaired) electrons. The third-order valence-corrected chi connectivity index (χ3v) is 3.73. The van der Waals surface area contributed by atoms with E-state index in [0.29, 0.717) is 25.3 Å².